The fraction of sp³-hybridized carbons (Fsp3) is 0.200. The second kappa shape index (κ2) is 8.99. The number of para-hydroxylation sites is 1. The number of fused-ring (bicyclic) bond motifs is 4. The van der Waals surface area contributed by atoms with Gasteiger partial charge in [0, 0.05) is 17.6 Å². The Balaban J connectivity index is 1.43. The van der Waals surface area contributed by atoms with Crippen molar-refractivity contribution in [2.45, 2.75) is 39.0 Å². The fourth-order valence-corrected chi connectivity index (χ4v) is 6.16. The Kier molecular flexibility index (Phi) is 5.64. The van der Waals surface area contributed by atoms with Crippen LogP contribution in [0, 0.1) is 0 Å². The van der Waals surface area contributed by atoms with Crippen molar-refractivity contribution in [1.29, 1.82) is 0 Å². The Labute approximate surface area is 214 Å². The molecule has 2 aliphatic carbocycles. The van der Waals surface area contributed by atoms with Crippen molar-refractivity contribution in [2.24, 2.45) is 0 Å². The van der Waals surface area contributed by atoms with Crippen LogP contribution in [0.15, 0.2) is 103 Å². The average Bonchev–Trinajstić information content (AvgIpc) is 3.14. The van der Waals surface area contributed by atoms with Crippen LogP contribution >= 0.6 is 0 Å². The van der Waals surface area contributed by atoms with Gasteiger partial charge >= 0.3 is 0 Å². The normalized spacial score (nSPS) is 18.0. The van der Waals surface area contributed by atoms with E-state index in [9.17, 15) is 0 Å². The Hall–Kier alpha value is -3.84. The SMILES string of the molecule is C/C=C1\C(=C/CNc2ccccc2)C(C)(C)c2cc(-c3cc4ccccc4c4c3C=CCC4)ccc21. The Morgan fingerprint density at radius 2 is 1.69 bits per heavy atom. The molecule has 0 aliphatic heterocycles. The average molecular weight is 468 g/mol. The maximum Gasteiger partial charge on any atom is 0.0342 e. The zero-order valence-corrected chi connectivity index (χ0v) is 21.4. The molecule has 0 saturated carbocycles. The number of aryl methyl sites for hydroxylation is 1. The molecule has 0 radical (unpaired) electrons. The first kappa shape index (κ1) is 22.6. The van der Waals surface area contributed by atoms with Gasteiger partial charge in [0.2, 0.25) is 0 Å². The predicted molar refractivity (Wildman–Crippen MR) is 156 cm³/mol. The molecule has 0 aromatic heterocycles. The number of hydrogen-bond acceptors (Lipinski definition) is 1. The number of nitrogens with one attached hydrogen (secondary N) is 1. The minimum Gasteiger partial charge on any atom is -0.382 e. The van der Waals surface area contributed by atoms with E-state index in [4.69, 9.17) is 0 Å². The molecule has 0 amide bonds. The topological polar surface area (TPSA) is 12.0 Å². The van der Waals surface area contributed by atoms with E-state index in [1.165, 1.54) is 55.3 Å². The number of rotatable bonds is 4. The molecule has 4 aromatic rings. The third-order valence-electron chi connectivity index (χ3n) is 7.98. The molecule has 1 nitrogen and oxygen atoms in total. The largest absolute Gasteiger partial charge is 0.382 e. The quantitative estimate of drug-likeness (QED) is 0.315. The summed E-state index contributed by atoms with van der Waals surface area (Å²) in [6.07, 6.45) is 11.6. The lowest BCUT2D eigenvalue weighted by Gasteiger charge is -2.24. The number of benzene rings is 4. The van der Waals surface area contributed by atoms with E-state index < -0.39 is 0 Å². The molecule has 178 valence electrons. The summed E-state index contributed by atoms with van der Waals surface area (Å²) < 4.78 is 0. The maximum absolute atomic E-state index is 3.56. The lowest BCUT2D eigenvalue weighted by atomic mass is 9.80. The van der Waals surface area contributed by atoms with Crippen LogP contribution in [0.5, 0.6) is 0 Å². The second-order valence-corrected chi connectivity index (χ2v) is 10.4. The highest BCUT2D eigenvalue weighted by atomic mass is 14.9. The summed E-state index contributed by atoms with van der Waals surface area (Å²) in [7, 11) is 0. The van der Waals surface area contributed by atoms with Gasteiger partial charge in [0.1, 0.15) is 0 Å². The van der Waals surface area contributed by atoms with Crippen LogP contribution in [0.1, 0.15) is 49.4 Å². The highest BCUT2D eigenvalue weighted by Gasteiger charge is 2.37. The highest BCUT2D eigenvalue weighted by Crippen LogP contribution is 2.51. The summed E-state index contributed by atoms with van der Waals surface area (Å²) in [5.41, 5.74) is 12.2. The molecule has 1 heteroatoms. The molecule has 0 unspecified atom stereocenters. The predicted octanol–water partition coefficient (Wildman–Crippen LogP) is 9.20. The summed E-state index contributed by atoms with van der Waals surface area (Å²) in [5.74, 6) is 0. The van der Waals surface area contributed by atoms with Crippen molar-refractivity contribution in [3.63, 3.8) is 0 Å². The number of hydrogen-bond donors (Lipinski definition) is 1. The molecule has 6 rings (SSSR count). The first-order valence-corrected chi connectivity index (χ1v) is 13.1. The van der Waals surface area contributed by atoms with Crippen molar-refractivity contribution in [3.8, 4) is 11.1 Å². The summed E-state index contributed by atoms with van der Waals surface area (Å²) in [6, 6.07) is 28.8. The lowest BCUT2D eigenvalue weighted by molar-refractivity contribution is 0.659. The Bertz CT molecular complexity index is 1550. The van der Waals surface area contributed by atoms with Crippen LogP contribution in [-0.2, 0) is 11.8 Å². The molecule has 0 fully saturated rings. The summed E-state index contributed by atoms with van der Waals surface area (Å²) >= 11 is 0. The summed E-state index contributed by atoms with van der Waals surface area (Å²) in [4.78, 5) is 0. The van der Waals surface area contributed by atoms with E-state index in [1.54, 1.807) is 0 Å². The van der Waals surface area contributed by atoms with Crippen molar-refractivity contribution in [2.75, 3.05) is 11.9 Å². The minimum atomic E-state index is -0.0572. The van der Waals surface area contributed by atoms with Crippen molar-refractivity contribution in [1.82, 2.24) is 0 Å². The fourth-order valence-electron chi connectivity index (χ4n) is 6.16. The zero-order chi connectivity index (χ0) is 24.7. The molecule has 0 saturated heterocycles. The van der Waals surface area contributed by atoms with Gasteiger partial charge in [-0.05, 0) is 99.3 Å². The Morgan fingerprint density at radius 1 is 0.889 bits per heavy atom. The molecule has 2 aliphatic rings. The summed E-state index contributed by atoms with van der Waals surface area (Å²) in [5, 5.41) is 6.29. The van der Waals surface area contributed by atoms with Crippen LogP contribution in [0.2, 0.25) is 0 Å². The van der Waals surface area contributed by atoms with Gasteiger partial charge in [0.15, 0.2) is 0 Å². The molecule has 4 aromatic carbocycles. The number of anilines is 1. The number of allylic oxidation sites excluding steroid dienone is 4. The molecule has 36 heavy (non-hydrogen) atoms. The van der Waals surface area contributed by atoms with Crippen molar-refractivity contribution < 1.29 is 0 Å². The monoisotopic (exact) mass is 467 g/mol. The molecule has 0 spiro atoms. The second-order valence-electron chi connectivity index (χ2n) is 10.4. The first-order chi connectivity index (χ1) is 17.6. The molecule has 0 atom stereocenters. The standard InChI is InChI=1S/C35H33N/c1-4-27-31-19-18-25(32-22-24-12-8-9-15-28(24)29-16-10-11-17-30(29)32)23-34(31)35(2,3)33(27)20-21-36-26-13-6-5-7-14-26/h4-9,11-15,17-20,22-23,36H,10,16,21H2,1-3H3/b27-4-,33-20+. The van der Waals surface area contributed by atoms with Gasteiger partial charge in [-0.3, -0.25) is 0 Å². The van der Waals surface area contributed by atoms with Crippen LogP contribution in [0.3, 0.4) is 0 Å². The van der Waals surface area contributed by atoms with Crippen LogP contribution in [-0.4, -0.2) is 6.54 Å². The molecular weight excluding hydrogens is 434 g/mol. The minimum absolute atomic E-state index is 0.0572. The Morgan fingerprint density at radius 3 is 2.53 bits per heavy atom. The van der Waals surface area contributed by atoms with E-state index in [2.05, 4.69) is 129 Å². The first-order valence-electron chi connectivity index (χ1n) is 13.1. The van der Waals surface area contributed by atoms with Gasteiger partial charge in [-0.1, -0.05) is 92.7 Å². The van der Waals surface area contributed by atoms with E-state index in [1.807, 2.05) is 0 Å². The van der Waals surface area contributed by atoms with Gasteiger partial charge < -0.3 is 5.32 Å². The lowest BCUT2D eigenvalue weighted by Crippen LogP contribution is -2.16. The van der Waals surface area contributed by atoms with Crippen LogP contribution in [0.4, 0.5) is 5.69 Å². The van der Waals surface area contributed by atoms with E-state index in [-0.39, 0.29) is 5.41 Å². The van der Waals surface area contributed by atoms with Gasteiger partial charge in [-0.15, -0.1) is 0 Å². The molecule has 1 N–H and O–H groups in total. The summed E-state index contributed by atoms with van der Waals surface area (Å²) in [6.45, 7) is 7.72. The van der Waals surface area contributed by atoms with E-state index in [0.29, 0.717) is 0 Å². The van der Waals surface area contributed by atoms with Crippen molar-refractivity contribution in [3.05, 3.63) is 125 Å². The highest BCUT2D eigenvalue weighted by molar-refractivity contribution is 5.97. The molecular formula is C35H33N. The van der Waals surface area contributed by atoms with Gasteiger partial charge in [-0.25, -0.2) is 0 Å². The maximum atomic E-state index is 3.56. The smallest absolute Gasteiger partial charge is 0.0342 e. The zero-order valence-electron chi connectivity index (χ0n) is 21.4. The molecule has 0 bridgehead atoms. The van der Waals surface area contributed by atoms with Crippen molar-refractivity contribution >= 4 is 28.1 Å². The van der Waals surface area contributed by atoms with E-state index >= 15 is 0 Å². The van der Waals surface area contributed by atoms with Gasteiger partial charge in [-0.2, -0.15) is 0 Å². The van der Waals surface area contributed by atoms with Crippen LogP contribution in [0.25, 0.3) is 33.5 Å². The molecule has 0 heterocycles. The third-order valence-corrected chi connectivity index (χ3v) is 7.98. The van der Waals surface area contributed by atoms with Crippen LogP contribution < -0.4 is 5.32 Å². The van der Waals surface area contributed by atoms with Gasteiger partial charge in [0.05, 0.1) is 0 Å². The third kappa shape index (κ3) is 3.71. The van der Waals surface area contributed by atoms with Gasteiger partial charge in [0.25, 0.3) is 0 Å². The van der Waals surface area contributed by atoms with E-state index in [0.717, 1.165) is 25.1 Å².